The predicted octanol–water partition coefficient (Wildman–Crippen LogP) is 3.42. The zero-order chi connectivity index (χ0) is 32.9. The lowest BCUT2D eigenvalue weighted by Crippen LogP contribution is -2.48. The molecule has 1 N–H and O–H groups in total. The van der Waals surface area contributed by atoms with Crippen molar-refractivity contribution in [2.24, 2.45) is 11.3 Å². The van der Waals surface area contributed by atoms with Crippen LogP contribution >= 0.6 is 0 Å². The average molecular weight is 352 g/mol. The van der Waals surface area contributed by atoms with E-state index in [4.69, 9.17) is 34.1 Å². The van der Waals surface area contributed by atoms with Crippen molar-refractivity contribution in [1.29, 1.82) is 0 Å². The number of aliphatic hydroxyl groups is 1. The molecule has 134 valence electrons. The topological polar surface area (TPSA) is 41.9 Å². The van der Waals surface area contributed by atoms with Gasteiger partial charge in [0.1, 0.15) is 0 Å². The Morgan fingerprint density at radius 1 is 1.38 bits per heavy atom. The van der Waals surface area contributed by atoms with Gasteiger partial charge >= 0.3 is 0 Å². The summed E-state index contributed by atoms with van der Waals surface area (Å²) >= 11 is 0. The van der Waals surface area contributed by atoms with E-state index in [1.54, 1.807) is 0 Å². The first-order valence-electron chi connectivity index (χ1n) is 16.4. The molecule has 0 radical (unpaired) electrons. The smallest absolute Gasteiger partial charge is 0.161 e. The van der Waals surface area contributed by atoms with E-state index in [1.165, 1.54) is 0 Å². The standard InChI is InChI=1S/C20H31NO3/c1-20(2,3)11-14-12-21-7-6-13-8-18(23-4)19(24-5)9-15(13)16(21)10-17(14)22/h8-9,14,16-17,22H,6-7,10-12H2,1-5H3/i1D3,2D3,4D3,5D3,6D2,7D2,11D2. The molecule has 3 rings (SSSR count). The van der Waals surface area contributed by atoms with Gasteiger partial charge in [-0.25, -0.2) is 0 Å². The van der Waals surface area contributed by atoms with Crippen LogP contribution in [0.4, 0.5) is 0 Å². The third kappa shape index (κ3) is 3.40. The quantitative estimate of drug-likeness (QED) is 0.906. The minimum Gasteiger partial charge on any atom is -0.493 e. The maximum absolute atomic E-state index is 11.2. The number of aryl methyl sites for hydroxylation is 1. The molecule has 0 bridgehead atoms. The molecule has 1 saturated heterocycles. The van der Waals surface area contributed by atoms with Gasteiger partial charge in [-0.1, -0.05) is 20.6 Å². The number of piperidine rings is 1. The number of fused-ring (bicyclic) bond motifs is 3. The molecule has 1 aromatic rings. The van der Waals surface area contributed by atoms with Crippen molar-refractivity contribution < 1.29 is 39.3 Å². The molecule has 3 atom stereocenters. The molecule has 2 aliphatic heterocycles. The highest BCUT2D eigenvalue weighted by Crippen LogP contribution is 2.44. The zero-order valence-electron chi connectivity index (χ0n) is 31.0. The first-order valence-corrected chi connectivity index (χ1v) is 7.41. The number of ether oxygens (including phenoxy) is 2. The molecule has 0 aliphatic carbocycles. The molecule has 2 heterocycles. The van der Waals surface area contributed by atoms with Gasteiger partial charge in [0.15, 0.2) is 11.5 Å². The van der Waals surface area contributed by atoms with Crippen LogP contribution in [0.1, 0.15) is 75.3 Å². The van der Waals surface area contributed by atoms with E-state index in [-0.39, 0.29) is 5.56 Å². The third-order valence-electron chi connectivity index (χ3n) is 4.20. The number of aliphatic hydroxyl groups excluding tert-OH is 1. The van der Waals surface area contributed by atoms with Gasteiger partial charge in [-0.05, 0) is 53.8 Å². The first kappa shape index (κ1) is 5.88. The van der Waals surface area contributed by atoms with E-state index in [1.807, 2.05) is 0 Å². The molecule has 4 heteroatoms. The van der Waals surface area contributed by atoms with Gasteiger partial charge in [0.2, 0.25) is 0 Å². The van der Waals surface area contributed by atoms with Gasteiger partial charge in [0, 0.05) is 35.5 Å². The van der Waals surface area contributed by atoms with Crippen LogP contribution in [0.3, 0.4) is 0 Å². The normalized spacial score (nSPS) is 45.3. The average Bonchev–Trinajstić information content (AvgIpc) is 2.74. The summed E-state index contributed by atoms with van der Waals surface area (Å²) < 4.78 is 154. The van der Waals surface area contributed by atoms with Crippen molar-refractivity contribution in [3.63, 3.8) is 0 Å². The Balaban J connectivity index is 2.23. The Kier molecular flexibility index (Phi) is 1.61. The molecular weight excluding hydrogens is 302 g/mol. The molecule has 1 aromatic carbocycles. The Morgan fingerprint density at radius 2 is 2.12 bits per heavy atom. The van der Waals surface area contributed by atoms with Crippen LogP contribution in [0.5, 0.6) is 11.5 Å². The summed E-state index contributed by atoms with van der Waals surface area (Å²) in [7, 11) is -6.25. The molecule has 0 spiro atoms. The minimum absolute atomic E-state index is 0.125. The van der Waals surface area contributed by atoms with Gasteiger partial charge in [-0.2, -0.15) is 0 Å². The van der Waals surface area contributed by atoms with E-state index in [0.29, 0.717) is 6.92 Å². The zero-order valence-corrected chi connectivity index (χ0v) is 13.0. The number of benzene rings is 1. The summed E-state index contributed by atoms with van der Waals surface area (Å²) in [5.74, 6) is -3.19. The maximum Gasteiger partial charge on any atom is 0.161 e. The number of methoxy groups -OCH3 is 2. The number of rotatable bonds is 3. The maximum atomic E-state index is 11.2. The molecule has 24 heavy (non-hydrogen) atoms. The van der Waals surface area contributed by atoms with Crippen molar-refractivity contribution >= 4 is 0 Å². The lowest BCUT2D eigenvalue weighted by molar-refractivity contribution is -0.0259. The van der Waals surface area contributed by atoms with E-state index >= 15 is 0 Å². The van der Waals surface area contributed by atoms with Gasteiger partial charge < -0.3 is 14.6 Å². The molecule has 4 nitrogen and oxygen atoms in total. The molecule has 0 aromatic heterocycles. The largest absolute Gasteiger partial charge is 0.493 e. The number of hydrogen-bond acceptors (Lipinski definition) is 4. The second-order valence-corrected chi connectivity index (χ2v) is 6.17. The highest BCUT2D eigenvalue weighted by Gasteiger charge is 2.39. The van der Waals surface area contributed by atoms with Crippen LogP contribution < -0.4 is 9.47 Å². The Morgan fingerprint density at radius 3 is 2.83 bits per heavy atom. The molecule has 0 saturated carbocycles. The Labute approximate surface area is 171 Å². The monoisotopic (exact) mass is 351 g/mol. The lowest BCUT2D eigenvalue weighted by Gasteiger charge is -2.47. The Bertz CT molecular complexity index is 1170. The Hall–Kier alpha value is -1.26. The van der Waals surface area contributed by atoms with Crippen LogP contribution in [0.25, 0.3) is 0 Å². The van der Waals surface area contributed by atoms with Gasteiger partial charge in [-0.15, -0.1) is 0 Å². The summed E-state index contributed by atoms with van der Waals surface area (Å²) in [6, 6.07) is 0.466. The van der Waals surface area contributed by atoms with Crippen LogP contribution in [-0.4, -0.2) is 43.2 Å². The summed E-state index contributed by atoms with van der Waals surface area (Å²) in [6.07, 6.45) is -8.51. The van der Waals surface area contributed by atoms with E-state index in [2.05, 4.69) is 0 Å². The second kappa shape index (κ2) is 6.57. The van der Waals surface area contributed by atoms with Crippen LogP contribution in [-0.2, 0) is 6.37 Å². The fourth-order valence-corrected chi connectivity index (χ4v) is 3.16. The molecule has 1 fully saturated rings. The first-order chi connectivity index (χ1) is 18.4. The van der Waals surface area contributed by atoms with Crippen molar-refractivity contribution in [3.05, 3.63) is 23.3 Å². The van der Waals surface area contributed by atoms with E-state index in [9.17, 15) is 5.11 Å². The molecular formula is C20H31NO3. The van der Waals surface area contributed by atoms with Crippen LogP contribution in [0.15, 0.2) is 12.1 Å². The highest BCUT2D eigenvalue weighted by molar-refractivity contribution is 5.49. The summed E-state index contributed by atoms with van der Waals surface area (Å²) in [6.45, 7) is -9.95. The summed E-state index contributed by atoms with van der Waals surface area (Å²) in [5, 5.41) is 11.2. The highest BCUT2D eigenvalue weighted by atomic mass is 16.5. The predicted molar refractivity (Wildman–Crippen MR) is 95.7 cm³/mol. The van der Waals surface area contributed by atoms with E-state index in [0.717, 1.165) is 17.0 Å². The van der Waals surface area contributed by atoms with Crippen LogP contribution in [0.2, 0.25) is 0 Å². The third-order valence-corrected chi connectivity index (χ3v) is 4.20. The van der Waals surface area contributed by atoms with Crippen molar-refractivity contribution in [1.82, 2.24) is 4.90 Å². The minimum atomic E-state index is -3.40. The lowest BCUT2D eigenvalue weighted by atomic mass is 9.75. The molecule has 2 aliphatic rings. The van der Waals surface area contributed by atoms with E-state index < -0.39 is 101 Å². The van der Waals surface area contributed by atoms with Crippen molar-refractivity contribution in [2.75, 3.05) is 27.1 Å². The fourth-order valence-electron chi connectivity index (χ4n) is 3.16. The van der Waals surface area contributed by atoms with Gasteiger partial charge in [0.25, 0.3) is 0 Å². The molecule has 0 amide bonds. The molecule has 3 unspecified atom stereocenters. The second-order valence-electron chi connectivity index (χ2n) is 6.17. The van der Waals surface area contributed by atoms with Crippen LogP contribution in [0, 0.1) is 11.3 Å². The number of hydrogen-bond donors (Lipinski definition) is 1. The SMILES string of the molecule is [2H]C([2H])([2H])Oc1cc2c(cc1OC([2H])([2H])[2H])C([2H])([2H])C([2H])([2H])N1CC(C([2H])([2H])C(C)(C([2H])([2H])[2H])C([2H])([2H])[2H])C(O)CC21. The van der Waals surface area contributed by atoms with Gasteiger partial charge in [-0.3, -0.25) is 4.90 Å². The number of nitrogens with zero attached hydrogens (tertiary/aromatic N) is 1. The van der Waals surface area contributed by atoms with Gasteiger partial charge in [0.05, 0.1) is 28.4 Å². The fraction of sp³-hybridized carbons (Fsp3) is 0.700. The summed E-state index contributed by atoms with van der Waals surface area (Å²) in [4.78, 5) is 0.827. The summed E-state index contributed by atoms with van der Waals surface area (Å²) in [5.41, 5.74) is -3.61. The van der Waals surface area contributed by atoms with Crippen molar-refractivity contribution in [3.8, 4) is 11.5 Å². The van der Waals surface area contributed by atoms with Crippen molar-refractivity contribution in [2.45, 2.75) is 51.9 Å².